The molecule has 2 rings (SSSR count). The minimum absolute atomic E-state index is 0.0683. The SMILES string of the molecule is CC1(C)CN(C(=O)c2ccc(O)cc2F)CC[S@]1=O. The summed E-state index contributed by atoms with van der Waals surface area (Å²) in [4.78, 5) is 13.7. The monoisotopic (exact) mass is 285 g/mol. The molecule has 1 aliphatic rings. The number of hydrogen-bond donors (Lipinski definition) is 1. The second kappa shape index (κ2) is 4.92. The minimum Gasteiger partial charge on any atom is -0.508 e. The third kappa shape index (κ3) is 2.78. The topological polar surface area (TPSA) is 57.6 Å². The Balaban J connectivity index is 2.23. The molecular formula is C13H16FNO3S. The Morgan fingerprint density at radius 2 is 2.16 bits per heavy atom. The molecule has 0 spiro atoms. The summed E-state index contributed by atoms with van der Waals surface area (Å²) in [5.41, 5.74) is -0.0683. The molecule has 1 N–H and O–H groups in total. The van der Waals surface area contributed by atoms with Gasteiger partial charge < -0.3 is 10.0 Å². The van der Waals surface area contributed by atoms with Crippen LogP contribution in [-0.4, -0.2) is 43.7 Å². The second-order valence-corrected chi connectivity index (χ2v) is 7.40. The van der Waals surface area contributed by atoms with Crippen LogP contribution in [0.2, 0.25) is 0 Å². The van der Waals surface area contributed by atoms with E-state index in [0.29, 0.717) is 18.8 Å². The zero-order chi connectivity index (χ0) is 14.2. The number of aromatic hydroxyl groups is 1. The predicted octanol–water partition coefficient (Wildman–Crippen LogP) is 1.51. The molecule has 0 bridgehead atoms. The molecule has 0 unspecified atom stereocenters. The molecule has 0 radical (unpaired) electrons. The van der Waals surface area contributed by atoms with E-state index in [4.69, 9.17) is 5.11 Å². The molecule has 19 heavy (non-hydrogen) atoms. The van der Waals surface area contributed by atoms with E-state index in [1.165, 1.54) is 17.0 Å². The Morgan fingerprint density at radius 3 is 2.74 bits per heavy atom. The highest BCUT2D eigenvalue weighted by Crippen LogP contribution is 2.23. The van der Waals surface area contributed by atoms with E-state index in [9.17, 15) is 13.4 Å². The number of hydrogen-bond acceptors (Lipinski definition) is 3. The van der Waals surface area contributed by atoms with Gasteiger partial charge in [0.15, 0.2) is 0 Å². The minimum atomic E-state index is -0.981. The van der Waals surface area contributed by atoms with Crippen LogP contribution >= 0.6 is 0 Å². The first-order valence-corrected chi connectivity index (χ1v) is 7.29. The third-order valence-corrected chi connectivity index (χ3v) is 5.12. The van der Waals surface area contributed by atoms with Crippen molar-refractivity contribution >= 4 is 16.7 Å². The Hall–Kier alpha value is -1.43. The fraction of sp³-hybridized carbons (Fsp3) is 0.462. The van der Waals surface area contributed by atoms with Crippen molar-refractivity contribution in [1.82, 2.24) is 4.90 Å². The van der Waals surface area contributed by atoms with E-state index in [-0.39, 0.29) is 11.3 Å². The number of rotatable bonds is 1. The smallest absolute Gasteiger partial charge is 0.256 e. The molecular weight excluding hydrogens is 269 g/mol. The van der Waals surface area contributed by atoms with E-state index in [1.54, 1.807) is 0 Å². The fourth-order valence-electron chi connectivity index (χ4n) is 2.10. The lowest BCUT2D eigenvalue weighted by molar-refractivity contribution is 0.0741. The van der Waals surface area contributed by atoms with Crippen molar-refractivity contribution < 1.29 is 18.5 Å². The molecule has 6 heteroatoms. The lowest BCUT2D eigenvalue weighted by Gasteiger charge is -2.37. The van der Waals surface area contributed by atoms with Gasteiger partial charge in [-0.2, -0.15) is 0 Å². The maximum Gasteiger partial charge on any atom is 0.256 e. The lowest BCUT2D eigenvalue weighted by atomic mass is 10.1. The van der Waals surface area contributed by atoms with Crippen LogP contribution in [0.5, 0.6) is 5.75 Å². The molecule has 1 fully saturated rings. The fourth-order valence-corrected chi connectivity index (χ4v) is 3.34. The summed E-state index contributed by atoms with van der Waals surface area (Å²) in [7, 11) is -0.981. The van der Waals surface area contributed by atoms with E-state index in [1.807, 2.05) is 13.8 Å². The molecule has 0 aliphatic carbocycles. The summed E-state index contributed by atoms with van der Waals surface area (Å²) in [5, 5.41) is 9.14. The zero-order valence-corrected chi connectivity index (χ0v) is 11.7. The molecule has 1 amide bonds. The molecule has 1 aromatic rings. The van der Waals surface area contributed by atoms with Gasteiger partial charge in [-0.1, -0.05) is 0 Å². The summed E-state index contributed by atoms with van der Waals surface area (Å²) in [6, 6.07) is 3.47. The number of phenols is 1. The molecule has 1 aromatic carbocycles. The zero-order valence-electron chi connectivity index (χ0n) is 10.9. The summed E-state index contributed by atoms with van der Waals surface area (Å²) in [6.07, 6.45) is 0. The highest BCUT2D eigenvalue weighted by atomic mass is 32.2. The molecule has 1 aliphatic heterocycles. The lowest BCUT2D eigenvalue weighted by Crippen LogP contribution is -2.52. The first-order valence-electron chi connectivity index (χ1n) is 5.97. The van der Waals surface area contributed by atoms with Crippen molar-refractivity contribution in [2.24, 2.45) is 0 Å². The van der Waals surface area contributed by atoms with Crippen LogP contribution in [0.15, 0.2) is 18.2 Å². The van der Waals surface area contributed by atoms with Crippen molar-refractivity contribution in [1.29, 1.82) is 0 Å². The van der Waals surface area contributed by atoms with Crippen LogP contribution in [-0.2, 0) is 10.8 Å². The first kappa shape index (κ1) is 14.0. The van der Waals surface area contributed by atoms with E-state index in [2.05, 4.69) is 0 Å². The highest BCUT2D eigenvalue weighted by molar-refractivity contribution is 7.86. The van der Waals surface area contributed by atoms with Crippen molar-refractivity contribution in [2.75, 3.05) is 18.8 Å². The maximum atomic E-state index is 13.7. The molecule has 104 valence electrons. The van der Waals surface area contributed by atoms with Crippen LogP contribution < -0.4 is 0 Å². The predicted molar refractivity (Wildman–Crippen MR) is 71.1 cm³/mol. The van der Waals surface area contributed by atoms with Crippen LogP contribution in [0, 0.1) is 5.82 Å². The van der Waals surface area contributed by atoms with Crippen LogP contribution in [0.25, 0.3) is 0 Å². The Morgan fingerprint density at radius 1 is 1.47 bits per heavy atom. The van der Waals surface area contributed by atoms with E-state index < -0.39 is 27.3 Å². The maximum absolute atomic E-state index is 13.7. The average Bonchev–Trinajstić information content (AvgIpc) is 2.32. The Labute approximate surface area is 113 Å². The number of carbonyl (C=O) groups excluding carboxylic acids is 1. The second-order valence-electron chi connectivity index (χ2n) is 5.20. The quantitative estimate of drug-likeness (QED) is 0.851. The molecule has 1 heterocycles. The normalized spacial score (nSPS) is 22.3. The third-order valence-electron chi connectivity index (χ3n) is 3.20. The van der Waals surface area contributed by atoms with E-state index in [0.717, 1.165) is 6.07 Å². The van der Waals surface area contributed by atoms with Gasteiger partial charge >= 0.3 is 0 Å². The standard InChI is InChI=1S/C13H16FNO3S/c1-13(2)8-15(5-6-19(13)18)12(17)10-4-3-9(16)7-11(10)14/h3-4,7,16H,5-6,8H2,1-2H3/t19-/m1/s1. The Bertz CT molecular complexity index is 545. The van der Waals surface area contributed by atoms with Gasteiger partial charge in [0.1, 0.15) is 11.6 Å². The van der Waals surface area contributed by atoms with Crippen molar-refractivity contribution in [2.45, 2.75) is 18.6 Å². The largest absolute Gasteiger partial charge is 0.508 e. The van der Waals surface area contributed by atoms with Crippen molar-refractivity contribution in [3.63, 3.8) is 0 Å². The number of carbonyl (C=O) groups is 1. The van der Waals surface area contributed by atoms with Gasteiger partial charge in [0.25, 0.3) is 5.91 Å². The number of nitrogens with zero attached hydrogens (tertiary/aromatic N) is 1. The summed E-state index contributed by atoms with van der Waals surface area (Å²) in [5.74, 6) is -0.982. The van der Waals surface area contributed by atoms with Crippen molar-refractivity contribution in [3.8, 4) is 5.75 Å². The number of benzene rings is 1. The van der Waals surface area contributed by atoms with Gasteiger partial charge in [0.05, 0.1) is 10.3 Å². The summed E-state index contributed by atoms with van der Waals surface area (Å²) >= 11 is 0. The molecule has 0 saturated carbocycles. The summed E-state index contributed by atoms with van der Waals surface area (Å²) < 4.78 is 25.0. The van der Waals surface area contributed by atoms with Gasteiger partial charge in [-0.15, -0.1) is 0 Å². The Kier molecular flexibility index (Phi) is 3.62. The van der Waals surface area contributed by atoms with Crippen LogP contribution in [0.3, 0.4) is 0 Å². The van der Waals surface area contributed by atoms with Crippen LogP contribution in [0.4, 0.5) is 4.39 Å². The van der Waals surface area contributed by atoms with Gasteiger partial charge in [0.2, 0.25) is 0 Å². The highest BCUT2D eigenvalue weighted by Gasteiger charge is 2.35. The van der Waals surface area contributed by atoms with Gasteiger partial charge in [-0.3, -0.25) is 9.00 Å². The van der Waals surface area contributed by atoms with Gasteiger partial charge in [0, 0.05) is 35.7 Å². The summed E-state index contributed by atoms with van der Waals surface area (Å²) in [6.45, 7) is 4.35. The molecule has 4 nitrogen and oxygen atoms in total. The van der Waals surface area contributed by atoms with Crippen LogP contribution in [0.1, 0.15) is 24.2 Å². The molecule has 1 saturated heterocycles. The average molecular weight is 285 g/mol. The van der Waals surface area contributed by atoms with Crippen molar-refractivity contribution in [3.05, 3.63) is 29.6 Å². The van der Waals surface area contributed by atoms with Gasteiger partial charge in [-0.25, -0.2) is 4.39 Å². The molecule has 1 atom stereocenters. The number of amides is 1. The number of phenolic OH excluding ortho intramolecular Hbond substituents is 1. The van der Waals surface area contributed by atoms with E-state index >= 15 is 0 Å². The molecule has 0 aromatic heterocycles. The first-order chi connectivity index (χ1) is 8.81. The number of halogens is 1. The van der Waals surface area contributed by atoms with Gasteiger partial charge in [-0.05, 0) is 26.0 Å².